The minimum atomic E-state index is -1.16. The third-order valence-electron chi connectivity index (χ3n) is 5.31. The molecule has 0 radical (unpaired) electrons. The summed E-state index contributed by atoms with van der Waals surface area (Å²) in [6.45, 7) is 6.65. The molecule has 3 rings (SSSR count). The van der Waals surface area contributed by atoms with Crippen LogP contribution in [0.4, 0.5) is 11.4 Å². The highest BCUT2D eigenvalue weighted by Gasteiger charge is 2.45. The minimum absolute atomic E-state index is 0.0107. The number of aryl methyl sites for hydroxylation is 1. The second kappa shape index (κ2) is 8.71. The molecule has 2 aromatic rings. The number of anilines is 2. The largest absolute Gasteiger partial charge is 0.453 e. The maximum atomic E-state index is 13.2. The number of nitrogens with one attached hydrogen (secondary N) is 1. The van der Waals surface area contributed by atoms with Crippen LogP contribution in [-0.4, -0.2) is 35.2 Å². The van der Waals surface area contributed by atoms with Crippen molar-refractivity contribution in [3.63, 3.8) is 0 Å². The van der Waals surface area contributed by atoms with E-state index in [2.05, 4.69) is 5.32 Å². The third kappa shape index (κ3) is 4.66. The molecule has 31 heavy (non-hydrogen) atoms. The molecular weight excluding hydrogens is 396 g/mol. The Balaban J connectivity index is 1.65. The van der Waals surface area contributed by atoms with Crippen molar-refractivity contribution < 1.29 is 23.9 Å². The maximum Gasteiger partial charge on any atom is 0.307 e. The van der Waals surface area contributed by atoms with Gasteiger partial charge in [-0.05, 0) is 39.8 Å². The lowest BCUT2D eigenvalue weighted by atomic mass is 9.95. The Hall–Kier alpha value is -3.48. The topological polar surface area (TPSA) is 92.8 Å². The van der Waals surface area contributed by atoms with Crippen molar-refractivity contribution in [3.8, 4) is 0 Å². The van der Waals surface area contributed by atoms with Gasteiger partial charge >= 0.3 is 5.97 Å². The third-order valence-corrected chi connectivity index (χ3v) is 5.31. The van der Waals surface area contributed by atoms with Crippen LogP contribution in [0.5, 0.6) is 0 Å². The monoisotopic (exact) mass is 422 g/mol. The number of carbonyl (C=O) groups excluding carboxylic acids is 4. The maximum absolute atomic E-state index is 13.2. The Morgan fingerprint density at radius 3 is 2.35 bits per heavy atom. The summed E-state index contributed by atoms with van der Waals surface area (Å²) >= 11 is 0. The normalized spacial score (nSPS) is 15.5. The van der Waals surface area contributed by atoms with E-state index in [9.17, 15) is 19.2 Å². The fourth-order valence-electron chi connectivity index (χ4n) is 3.43. The van der Waals surface area contributed by atoms with Crippen LogP contribution in [-0.2, 0) is 19.1 Å². The molecule has 0 spiro atoms. The molecule has 1 aliphatic rings. The quantitative estimate of drug-likeness (QED) is 0.567. The molecule has 2 aromatic carbocycles. The molecule has 162 valence electrons. The molecule has 0 aliphatic carbocycles. The summed E-state index contributed by atoms with van der Waals surface area (Å²) < 4.78 is 5.30. The summed E-state index contributed by atoms with van der Waals surface area (Å²) in [5, 5.41) is 2.79. The Morgan fingerprint density at radius 2 is 1.68 bits per heavy atom. The summed E-state index contributed by atoms with van der Waals surface area (Å²) in [6.07, 6.45) is -1.26. The summed E-state index contributed by atoms with van der Waals surface area (Å²) in [4.78, 5) is 51.6. The first kappa shape index (κ1) is 22.2. The predicted octanol–water partition coefficient (Wildman–Crippen LogP) is 3.65. The van der Waals surface area contributed by atoms with Crippen LogP contribution in [0.15, 0.2) is 48.5 Å². The van der Waals surface area contributed by atoms with Gasteiger partial charge in [0, 0.05) is 12.0 Å². The predicted molar refractivity (Wildman–Crippen MR) is 117 cm³/mol. The second-order valence-corrected chi connectivity index (χ2v) is 8.13. The zero-order valence-electron chi connectivity index (χ0n) is 18.1. The van der Waals surface area contributed by atoms with Crippen LogP contribution in [0.3, 0.4) is 0 Å². The Labute approximate surface area is 181 Å². The van der Waals surface area contributed by atoms with Gasteiger partial charge in [-0.15, -0.1) is 0 Å². The van der Waals surface area contributed by atoms with Crippen LogP contribution in [0, 0.1) is 6.92 Å². The average molecular weight is 422 g/mol. The lowest BCUT2D eigenvalue weighted by Crippen LogP contribution is -2.60. The molecule has 7 heteroatoms. The highest BCUT2D eigenvalue weighted by atomic mass is 16.5. The number of nitrogens with zero attached hydrogens (tertiary/aromatic N) is 1. The van der Waals surface area contributed by atoms with E-state index in [4.69, 9.17) is 4.74 Å². The highest BCUT2D eigenvalue weighted by molar-refractivity contribution is 6.15. The van der Waals surface area contributed by atoms with E-state index in [1.165, 1.54) is 11.8 Å². The first-order chi connectivity index (χ1) is 14.6. The fourth-order valence-corrected chi connectivity index (χ4v) is 3.43. The van der Waals surface area contributed by atoms with Crippen molar-refractivity contribution in [3.05, 3.63) is 59.7 Å². The van der Waals surface area contributed by atoms with E-state index < -0.39 is 23.5 Å². The Morgan fingerprint density at radius 1 is 1.03 bits per heavy atom. The average Bonchev–Trinajstić information content (AvgIpc) is 2.73. The number of carbonyl (C=O) groups is 4. The number of hydrogen-bond donors (Lipinski definition) is 1. The van der Waals surface area contributed by atoms with Crippen LogP contribution in [0.25, 0.3) is 0 Å². The first-order valence-corrected chi connectivity index (χ1v) is 10.1. The molecule has 1 aliphatic heterocycles. The van der Waals surface area contributed by atoms with E-state index in [1.54, 1.807) is 50.2 Å². The van der Waals surface area contributed by atoms with Gasteiger partial charge in [-0.2, -0.15) is 0 Å². The Kier molecular flexibility index (Phi) is 6.24. The summed E-state index contributed by atoms with van der Waals surface area (Å²) in [6, 6.07) is 14.1. The summed E-state index contributed by atoms with van der Waals surface area (Å²) in [7, 11) is 0. The summed E-state index contributed by atoms with van der Waals surface area (Å²) in [5.74, 6) is -1.65. The lowest BCUT2D eigenvalue weighted by Gasteiger charge is -2.42. The van der Waals surface area contributed by atoms with E-state index in [1.807, 2.05) is 19.1 Å². The minimum Gasteiger partial charge on any atom is -0.453 e. The lowest BCUT2D eigenvalue weighted by molar-refractivity contribution is -0.154. The van der Waals surface area contributed by atoms with Crippen LogP contribution >= 0.6 is 0 Å². The molecule has 0 unspecified atom stereocenters. The zero-order valence-corrected chi connectivity index (χ0v) is 18.1. The van der Waals surface area contributed by atoms with Gasteiger partial charge in [-0.25, -0.2) is 0 Å². The number of rotatable bonds is 6. The van der Waals surface area contributed by atoms with Crippen molar-refractivity contribution in [1.29, 1.82) is 0 Å². The van der Waals surface area contributed by atoms with Crippen molar-refractivity contribution >= 4 is 34.9 Å². The van der Waals surface area contributed by atoms with Gasteiger partial charge in [-0.1, -0.05) is 42.0 Å². The van der Waals surface area contributed by atoms with Crippen molar-refractivity contribution in [2.75, 3.05) is 10.2 Å². The van der Waals surface area contributed by atoms with Crippen molar-refractivity contribution in [1.82, 2.24) is 0 Å². The van der Waals surface area contributed by atoms with Gasteiger partial charge in [0.15, 0.2) is 11.9 Å². The van der Waals surface area contributed by atoms with Gasteiger partial charge in [0.25, 0.3) is 5.91 Å². The molecular formula is C24H26N2O5. The molecule has 0 bridgehead atoms. The molecule has 1 heterocycles. The fraction of sp³-hybridized carbons (Fsp3) is 0.333. The molecule has 0 saturated heterocycles. The number of amides is 2. The van der Waals surface area contributed by atoms with E-state index in [0.717, 1.165) is 5.56 Å². The van der Waals surface area contributed by atoms with E-state index in [-0.39, 0.29) is 24.5 Å². The molecule has 2 amide bonds. The molecule has 1 N–H and O–H groups in total. The number of esters is 1. The second-order valence-electron chi connectivity index (χ2n) is 8.13. The standard InChI is InChI=1S/C24H26N2O5/c1-15-9-11-17(12-10-15)20(27)13-14-21(28)31-16(2)22(29)26-19-8-6-5-7-18(19)25-23(30)24(26,3)4/h5-12,16H,13-14H2,1-4H3,(H,25,30)/t16-/m0/s1. The van der Waals surface area contributed by atoms with Gasteiger partial charge in [0.05, 0.1) is 17.8 Å². The molecule has 1 atom stereocenters. The number of benzene rings is 2. The van der Waals surface area contributed by atoms with Gasteiger partial charge < -0.3 is 10.1 Å². The molecule has 7 nitrogen and oxygen atoms in total. The summed E-state index contributed by atoms with van der Waals surface area (Å²) in [5.41, 5.74) is 1.46. The van der Waals surface area contributed by atoms with Gasteiger partial charge in [0.1, 0.15) is 5.54 Å². The van der Waals surface area contributed by atoms with Crippen molar-refractivity contribution in [2.45, 2.75) is 52.2 Å². The highest BCUT2D eigenvalue weighted by Crippen LogP contribution is 2.37. The van der Waals surface area contributed by atoms with E-state index >= 15 is 0 Å². The van der Waals surface area contributed by atoms with Gasteiger partial charge in [-0.3, -0.25) is 24.1 Å². The van der Waals surface area contributed by atoms with Crippen LogP contribution in [0.1, 0.15) is 49.5 Å². The number of para-hydroxylation sites is 2. The number of hydrogen-bond acceptors (Lipinski definition) is 5. The number of ketones is 1. The van der Waals surface area contributed by atoms with E-state index in [0.29, 0.717) is 16.9 Å². The van der Waals surface area contributed by atoms with Crippen LogP contribution in [0.2, 0.25) is 0 Å². The molecule has 0 saturated carbocycles. The number of ether oxygens (including phenoxy) is 1. The number of Topliss-reactive ketones (excluding diaryl/α,β-unsaturated/α-hetero) is 1. The van der Waals surface area contributed by atoms with Crippen molar-refractivity contribution in [2.24, 2.45) is 0 Å². The zero-order chi connectivity index (χ0) is 22.8. The first-order valence-electron chi connectivity index (χ1n) is 10.1. The SMILES string of the molecule is Cc1ccc(C(=O)CCC(=O)O[C@@H](C)C(=O)N2c3ccccc3NC(=O)C2(C)C)cc1. The van der Waals surface area contributed by atoms with Gasteiger partial charge in [0.2, 0.25) is 5.91 Å². The molecule has 0 aromatic heterocycles. The van der Waals surface area contributed by atoms with Crippen LogP contribution < -0.4 is 10.2 Å². The molecule has 0 fully saturated rings. The smallest absolute Gasteiger partial charge is 0.307 e. The Bertz CT molecular complexity index is 1030. The number of fused-ring (bicyclic) bond motifs is 1.